The Bertz CT molecular complexity index is 765. The highest BCUT2D eigenvalue weighted by molar-refractivity contribution is 7.89. The molecule has 0 N–H and O–H groups in total. The smallest absolute Gasteiger partial charge is 0.214 e. The van der Waals surface area contributed by atoms with Gasteiger partial charge in [-0.3, -0.25) is 4.90 Å². The van der Waals surface area contributed by atoms with E-state index in [1.165, 1.54) is 11.1 Å². The fraction of sp³-hybridized carbons (Fsp3) is 0.400. The predicted molar refractivity (Wildman–Crippen MR) is 102 cm³/mol. The number of piperazine rings is 1. The fourth-order valence-electron chi connectivity index (χ4n) is 3.14. The first kappa shape index (κ1) is 18.1. The maximum absolute atomic E-state index is 12.6. The van der Waals surface area contributed by atoms with Gasteiger partial charge in [-0.25, -0.2) is 8.42 Å². The predicted octanol–water partition coefficient (Wildman–Crippen LogP) is 2.69. The van der Waals surface area contributed by atoms with Crippen LogP contribution in [0, 0.1) is 6.92 Å². The molecule has 2 aromatic rings. The van der Waals surface area contributed by atoms with Crippen LogP contribution in [0.5, 0.6) is 0 Å². The van der Waals surface area contributed by atoms with Gasteiger partial charge in [0.05, 0.1) is 5.75 Å². The molecule has 1 heterocycles. The first-order valence-corrected chi connectivity index (χ1v) is 10.4. The molecule has 0 aliphatic carbocycles. The Balaban J connectivity index is 1.49. The molecule has 0 radical (unpaired) electrons. The maximum Gasteiger partial charge on any atom is 0.214 e. The molecule has 5 heteroatoms. The van der Waals surface area contributed by atoms with E-state index < -0.39 is 10.0 Å². The zero-order valence-corrected chi connectivity index (χ0v) is 15.6. The van der Waals surface area contributed by atoms with Crippen molar-refractivity contribution in [2.75, 3.05) is 31.9 Å². The van der Waals surface area contributed by atoms with Gasteiger partial charge in [0.2, 0.25) is 10.0 Å². The second-order valence-corrected chi connectivity index (χ2v) is 8.80. The average molecular weight is 359 g/mol. The van der Waals surface area contributed by atoms with E-state index in [4.69, 9.17) is 0 Å². The summed E-state index contributed by atoms with van der Waals surface area (Å²) in [5, 5.41) is 0. The van der Waals surface area contributed by atoms with Crippen LogP contribution >= 0.6 is 0 Å². The summed E-state index contributed by atoms with van der Waals surface area (Å²) >= 11 is 0. The monoisotopic (exact) mass is 358 g/mol. The van der Waals surface area contributed by atoms with Crippen molar-refractivity contribution in [3.05, 3.63) is 71.3 Å². The summed E-state index contributed by atoms with van der Waals surface area (Å²) in [7, 11) is -3.18. The molecule has 0 atom stereocenters. The van der Waals surface area contributed by atoms with Gasteiger partial charge in [0.15, 0.2) is 0 Å². The van der Waals surface area contributed by atoms with Crippen molar-refractivity contribution in [1.82, 2.24) is 9.21 Å². The Morgan fingerprint density at radius 3 is 2.12 bits per heavy atom. The highest BCUT2D eigenvalue weighted by Gasteiger charge is 2.26. The summed E-state index contributed by atoms with van der Waals surface area (Å²) in [4.78, 5) is 2.33. The van der Waals surface area contributed by atoms with Crippen molar-refractivity contribution in [2.24, 2.45) is 0 Å². The zero-order chi connectivity index (χ0) is 17.7. The van der Waals surface area contributed by atoms with Crippen molar-refractivity contribution in [2.45, 2.75) is 19.9 Å². The van der Waals surface area contributed by atoms with E-state index in [1.807, 2.05) is 30.3 Å². The quantitative estimate of drug-likeness (QED) is 0.797. The number of hydrogen-bond donors (Lipinski definition) is 0. The highest BCUT2D eigenvalue weighted by atomic mass is 32.2. The van der Waals surface area contributed by atoms with Crippen molar-refractivity contribution in [3.63, 3.8) is 0 Å². The number of benzene rings is 2. The Morgan fingerprint density at radius 1 is 0.840 bits per heavy atom. The van der Waals surface area contributed by atoms with E-state index >= 15 is 0 Å². The van der Waals surface area contributed by atoms with E-state index in [0.29, 0.717) is 19.5 Å². The summed E-state index contributed by atoms with van der Waals surface area (Å²) in [6.45, 7) is 5.73. The minimum atomic E-state index is -3.18. The zero-order valence-electron chi connectivity index (χ0n) is 14.8. The molecular weight excluding hydrogens is 332 g/mol. The number of nitrogens with zero attached hydrogens (tertiary/aromatic N) is 2. The number of hydrogen-bond acceptors (Lipinski definition) is 3. The topological polar surface area (TPSA) is 40.6 Å². The third kappa shape index (κ3) is 5.14. The van der Waals surface area contributed by atoms with Crippen LogP contribution < -0.4 is 0 Å². The fourth-order valence-corrected chi connectivity index (χ4v) is 4.61. The molecule has 0 saturated carbocycles. The molecule has 3 rings (SSSR count). The molecule has 134 valence electrons. The minimum Gasteiger partial charge on any atom is -0.296 e. The summed E-state index contributed by atoms with van der Waals surface area (Å²) in [6, 6.07) is 18.4. The summed E-state index contributed by atoms with van der Waals surface area (Å²) in [5.74, 6) is 0.189. The molecule has 1 aliphatic rings. The molecule has 2 aromatic carbocycles. The number of aryl methyl sites for hydroxylation is 2. The largest absolute Gasteiger partial charge is 0.296 e. The van der Waals surface area contributed by atoms with Crippen LogP contribution in [0.3, 0.4) is 0 Å². The number of sulfonamides is 1. The van der Waals surface area contributed by atoms with Crippen LogP contribution in [-0.4, -0.2) is 49.6 Å². The molecule has 0 amide bonds. The molecule has 1 aliphatic heterocycles. The molecule has 0 bridgehead atoms. The summed E-state index contributed by atoms with van der Waals surface area (Å²) < 4.78 is 26.8. The van der Waals surface area contributed by atoms with Crippen LogP contribution in [-0.2, 0) is 23.0 Å². The second-order valence-electron chi connectivity index (χ2n) is 6.71. The van der Waals surface area contributed by atoms with E-state index in [1.54, 1.807) is 4.31 Å². The third-order valence-corrected chi connectivity index (χ3v) is 6.61. The van der Waals surface area contributed by atoms with E-state index in [0.717, 1.165) is 25.2 Å². The Labute approximate surface area is 151 Å². The molecule has 0 spiro atoms. The lowest BCUT2D eigenvalue weighted by Crippen LogP contribution is -2.49. The van der Waals surface area contributed by atoms with Gasteiger partial charge in [-0.15, -0.1) is 0 Å². The van der Waals surface area contributed by atoms with E-state index in [9.17, 15) is 8.42 Å². The molecule has 25 heavy (non-hydrogen) atoms. The van der Waals surface area contributed by atoms with Crippen LogP contribution in [0.2, 0.25) is 0 Å². The Morgan fingerprint density at radius 2 is 1.48 bits per heavy atom. The molecular formula is C20H26N2O2S. The molecule has 1 saturated heterocycles. The van der Waals surface area contributed by atoms with Gasteiger partial charge in [-0.1, -0.05) is 60.2 Å². The van der Waals surface area contributed by atoms with Crippen molar-refractivity contribution in [3.8, 4) is 0 Å². The molecule has 1 fully saturated rings. The minimum absolute atomic E-state index is 0.189. The van der Waals surface area contributed by atoms with Crippen molar-refractivity contribution >= 4 is 10.0 Å². The van der Waals surface area contributed by atoms with Crippen molar-refractivity contribution in [1.29, 1.82) is 0 Å². The normalized spacial score (nSPS) is 16.8. The van der Waals surface area contributed by atoms with Gasteiger partial charge in [0, 0.05) is 32.7 Å². The maximum atomic E-state index is 12.6. The Kier molecular flexibility index (Phi) is 5.89. The SMILES string of the molecule is Cc1ccc(CN2CCN(S(=O)(=O)CCc3ccccc3)CC2)cc1. The van der Waals surface area contributed by atoms with Crippen LogP contribution in [0.1, 0.15) is 16.7 Å². The molecule has 0 unspecified atom stereocenters. The van der Waals surface area contributed by atoms with Gasteiger partial charge < -0.3 is 0 Å². The van der Waals surface area contributed by atoms with Gasteiger partial charge in [-0.2, -0.15) is 4.31 Å². The third-order valence-electron chi connectivity index (χ3n) is 4.74. The van der Waals surface area contributed by atoms with Crippen LogP contribution in [0.25, 0.3) is 0 Å². The Hall–Kier alpha value is -1.69. The van der Waals surface area contributed by atoms with Gasteiger partial charge >= 0.3 is 0 Å². The second kappa shape index (κ2) is 8.13. The highest BCUT2D eigenvalue weighted by Crippen LogP contribution is 2.13. The number of rotatable bonds is 6. The average Bonchev–Trinajstić information content (AvgIpc) is 2.63. The standard InChI is InChI=1S/C20H26N2O2S/c1-18-7-9-20(10-8-18)17-21-12-14-22(15-13-21)25(23,24)16-11-19-5-3-2-4-6-19/h2-10H,11-17H2,1H3. The lowest BCUT2D eigenvalue weighted by Gasteiger charge is -2.34. The van der Waals surface area contributed by atoms with E-state index in [2.05, 4.69) is 36.1 Å². The molecule has 4 nitrogen and oxygen atoms in total. The van der Waals surface area contributed by atoms with Gasteiger partial charge in [0.1, 0.15) is 0 Å². The molecule has 0 aromatic heterocycles. The lowest BCUT2D eigenvalue weighted by molar-refractivity contribution is 0.181. The first-order chi connectivity index (χ1) is 12.0. The van der Waals surface area contributed by atoms with E-state index in [-0.39, 0.29) is 5.75 Å². The lowest BCUT2D eigenvalue weighted by atomic mass is 10.1. The van der Waals surface area contributed by atoms with Crippen molar-refractivity contribution < 1.29 is 8.42 Å². The first-order valence-electron chi connectivity index (χ1n) is 8.82. The van der Waals surface area contributed by atoms with Gasteiger partial charge in [-0.05, 0) is 24.5 Å². The summed E-state index contributed by atoms with van der Waals surface area (Å²) in [5.41, 5.74) is 3.62. The van der Waals surface area contributed by atoms with Gasteiger partial charge in [0.25, 0.3) is 0 Å². The van der Waals surface area contributed by atoms with Crippen LogP contribution in [0.15, 0.2) is 54.6 Å². The summed E-state index contributed by atoms with van der Waals surface area (Å²) in [6.07, 6.45) is 0.576. The van der Waals surface area contributed by atoms with Crippen LogP contribution in [0.4, 0.5) is 0 Å².